The van der Waals surface area contributed by atoms with E-state index in [0.717, 1.165) is 22.0 Å². The molecule has 35 heavy (non-hydrogen) atoms. The van der Waals surface area contributed by atoms with E-state index in [4.69, 9.17) is 14.2 Å². The molecule has 2 aromatic heterocycles. The quantitative estimate of drug-likeness (QED) is 0.368. The third kappa shape index (κ3) is 4.95. The van der Waals surface area contributed by atoms with Gasteiger partial charge in [0.15, 0.2) is 0 Å². The van der Waals surface area contributed by atoms with Gasteiger partial charge in [-0.1, -0.05) is 35.4 Å². The molecule has 1 aliphatic rings. The predicted molar refractivity (Wildman–Crippen MR) is 130 cm³/mol. The zero-order valence-electron chi connectivity index (χ0n) is 19.6. The summed E-state index contributed by atoms with van der Waals surface area (Å²) >= 11 is 0. The molecule has 0 amide bonds. The first-order chi connectivity index (χ1) is 17.0. The van der Waals surface area contributed by atoms with Gasteiger partial charge in [0.25, 0.3) is 0 Å². The summed E-state index contributed by atoms with van der Waals surface area (Å²) < 4.78 is 19.7. The molecular formula is C28H26N2O5. The fourth-order valence-electron chi connectivity index (χ4n) is 4.23. The van der Waals surface area contributed by atoms with Crippen molar-refractivity contribution < 1.29 is 23.8 Å². The summed E-state index contributed by atoms with van der Waals surface area (Å²) in [6.07, 6.45) is 4.29. The Labute approximate surface area is 203 Å². The molecule has 0 aliphatic carbocycles. The van der Waals surface area contributed by atoms with Gasteiger partial charge in [-0.25, -0.2) is 9.59 Å². The Bertz CT molecular complexity index is 1340. The highest BCUT2D eigenvalue weighted by atomic mass is 16.6. The number of carbonyl (C=O) groups is 2. The van der Waals surface area contributed by atoms with E-state index in [2.05, 4.69) is 4.98 Å². The van der Waals surface area contributed by atoms with Gasteiger partial charge in [-0.15, -0.1) is 0 Å². The van der Waals surface area contributed by atoms with Crippen molar-refractivity contribution >= 4 is 22.8 Å². The molecule has 0 unspecified atom stereocenters. The van der Waals surface area contributed by atoms with Crippen LogP contribution in [0.25, 0.3) is 10.9 Å². The van der Waals surface area contributed by atoms with Crippen molar-refractivity contribution in [2.45, 2.75) is 38.7 Å². The standard InChI is InChI=1S/C28H26N2O5/c1-18-3-7-20(8-4-18)27(31)33-17-25-24(35-28(32)21-9-5-19(2)6-10-21)15-26(34-25)30-14-12-22-16-29-13-11-23(22)30/h3-14,16,24-26H,15,17H2,1-2H3/t24-,25-,26+/m0/s1. The molecule has 0 bridgehead atoms. The maximum atomic E-state index is 12.9. The summed E-state index contributed by atoms with van der Waals surface area (Å²) in [5.74, 6) is -0.881. The van der Waals surface area contributed by atoms with Crippen LogP contribution in [0.1, 0.15) is 44.5 Å². The number of fused-ring (bicyclic) bond motifs is 1. The van der Waals surface area contributed by atoms with Gasteiger partial charge in [-0.05, 0) is 50.2 Å². The summed E-state index contributed by atoms with van der Waals surface area (Å²) in [6, 6.07) is 18.3. The number of hydrogen-bond acceptors (Lipinski definition) is 6. The number of nitrogens with zero attached hydrogens (tertiary/aromatic N) is 2. The smallest absolute Gasteiger partial charge is 0.338 e. The Hall–Kier alpha value is -3.97. The van der Waals surface area contributed by atoms with E-state index in [9.17, 15) is 9.59 Å². The number of aryl methyl sites for hydroxylation is 2. The third-order valence-corrected chi connectivity index (χ3v) is 6.22. The van der Waals surface area contributed by atoms with Crippen LogP contribution < -0.4 is 0 Å². The molecule has 5 rings (SSSR count). The lowest BCUT2D eigenvalue weighted by molar-refractivity contribution is -0.0561. The molecule has 1 fully saturated rings. The minimum absolute atomic E-state index is 0.0319. The lowest BCUT2D eigenvalue weighted by Crippen LogP contribution is -2.32. The van der Waals surface area contributed by atoms with Gasteiger partial charge >= 0.3 is 11.9 Å². The SMILES string of the molecule is Cc1ccc(C(=O)OC[C@@H]2O[C@@H](n3ccc4cnccc43)C[C@@H]2OC(=O)c2ccc(C)cc2)cc1. The van der Waals surface area contributed by atoms with Crippen molar-refractivity contribution in [3.05, 3.63) is 102 Å². The minimum Gasteiger partial charge on any atom is -0.459 e. The van der Waals surface area contributed by atoms with Crippen molar-refractivity contribution in [3.8, 4) is 0 Å². The minimum atomic E-state index is -0.608. The second-order valence-corrected chi connectivity index (χ2v) is 8.80. The first-order valence-electron chi connectivity index (χ1n) is 11.6. The second-order valence-electron chi connectivity index (χ2n) is 8.80. The van der Waals surface area contributed by atoms with E-state index in [1.165, 1.54) is 0 Å². The molecule has 0 radical (unpaired) electrons. The molecule has 2 aromatic carbocycles. The van der Waals surface area contributed by atoms with E-state index < -0.39 is 24.1 Å². The van der Waals surface area contributed by atoms with Crippen molar-refractivity contribution in [2.24, 2.45) is 0 Å². The second kappa shape index (κ2) is 9.72. The van der Waals surface area contributed by atoms with Crippen LogP contribution in [-0.4, -0.2) is 40.3 Å². The van der Waals surface area contributed by atoms with Crippen molar-refractivity contribution in [1.29, 1.82) is 0 Å². The molecular weight excluding hydrogens is 444 g/mol. The number of aromatic nitrogens is 2. The number of hydrogen-bond donors (Lipinski definition) is 0. The van der Waals surface area contributed by atoms with E-state index in [0.29, 0.717) is 17.5 Å². The summed E-state index contributed by atoms with van der Waals surface area (Å²) in [5, 5.41) is 0.985. The number of rotatable bonds is 6. The summed E-state index contributed by atoms with van der Waals surface area (Å²) in [6.45, 7) is 3.88. The topological polar surface area (TPSA) is 79.7 Å². The molecule has 7 nitrogen and oxygen atoms in total. The predicted octanol–water partition coefficient (Wildman–Crippen LogP) is 5.02. The molecule has 3 atom stereocenters. The number of benzene rings is 2. The lowest BCUT2D eigenvalue weighted by Gasteiger charge is -2.19. The number of pyridine rings is 1. The van der Waals surface area contributed by atoms with Crippen LogP contribution in [0.3, 0.4) is 0 Å². The van der Waals surface area contributed by atoms with Gasteiger partial charge in [-0.3, -0.25) is 4.98 Å². The van der Waals surface area contributed by atoms with E-state index >= 15 is 0 Å². The van der Waals surface area contributed by atoms with Gasteiger partial charge in [0, 0.05) is 30.4 Å². The average molecular weight is 471 g/mol. The fourth-order valence-corrected chi connectivity index (χ4v) is 4.23. The Balaban J connectivity index is 1.34. The monoisotopic (exact) mass is 470 g/mol. The Morgan fingerprint density at radius 3 is 2.29 bits per heavy atom. The van der Waals surface area contributed by atoms with Gasteiger partial charge in [0.1, 0.15) is 25.0 Å². The zero-order chi connectivity index (χ0) is 24.4. The lowest BCUT2D eigenvalue weighted by atomic mass is 10.1. The third-order valence-electron chi connectivity index (χ3n) is 6.22. The van der Waals surface area contributed by atoms with Gasteiger partial charge in [0.05, 0.1) is 16.6 Å². The van der Waals surface area contributed by atoms with Crippen molar-refractivity contribution in [2.75, 3.05) is 6.61 Å². The first kappa shape index (κ1) is 22.8. The van der Waals surface area contributed by atoms with Crippen LogP contribution in [0.5, 0.6) is 0 Å². The van der Waals surface area contributed by atoms with E-state index in [1.54, 1.807) is 36.7 Å². The Morgan fingerprint density at radius 2 is 1.60 bits per heavy atom. The van der Waals surface area contributed by atoms with Gasteiger partial charge < -0.3 is 18.8 Å². The van der Waals surface area contributed by atoms with Crippen LogP contribution in [0.15, 0.2) is 79.3 Å². The van der Waals surface area contributed by atoms with Crippen molar-refractivity contribution in [3.63, 3.8) is 0 Å². The highest BCUT2D eigenvalue weighted by Gasteiger charge is 2.40. The van der Waals surface area contributed by atoms with Crippen molar-refractivity contribution in [1.82, 2.24) is 9.55 Å². The number of esters is 2. The van der Waals surface area contributed by atoms with Crippen LogP contribution in [0.4, 0.5) is 0 Å². The molecule has 178 valence electrons. The van der Waals surface area contributed by atoms with Gasteiger partial charge in [0.2, 0.25) is 0 Å². The molecule has 1 aliphatic heterocycles. The highest BCUT2D eigenvalue weighted by molar-refractivity contribution is 5.90. The van der Waals surface area contributed by atoms with E-state index in [1.807, 2.05) is 61.0 Å². The summed E-state index contributed by atoms with van der Waals surface area (Å²) in [5.41, 5.74) is 4.00. The molecule has 0 saturated carbocycles. The molecule has 7 heteroatoms. The number of carbonyl (C=O) groups excluding carboxylic acids is 2. The molecule has 1 saturated heterocycles. The Kier molecular flexibility index (Phi) is 6.33. The normalized spacial score (nSPS) is 19.5. The highest BCUT2D eigenvalue weighted by Crippen LogP contribution is 2.34. The van der Waals surface area contributed by atoms with Gasteiger partial charge in [-0.2, -0.15) is 0 Å². The largest absolute Gasteiger partial charge is 0.459 e. The number of ether oxygens (including phenoxy) is 3. The Morgan fingerprint density at radius 1 is 0.943 bits per heavy atom. The molecule has 0 spiro atoms. The molecule has 3 heterocycles. The zero-order valence-corrected chi connectivity index (χ0v) is 19.6. The van der Waals surface area contributed by atoms with E-state index in [-0.39, 0.29) is 12.8 Å². The molecule has 4 aromatic rings. The van der Waals surface area contributed by atoms with Crippen LogP contribution in [-0.2, 0) is 14.2 Å². The van der Waals surface area contributed by atoms with Crippen LogP contribution in [0.2, 0.25) is 0 Å². The van der Waals surface area contributed by atoms with Crippen LogP contribution >= 0.6 is 0 Å². The maximum Gasteiger partial charge on any atom is 0.338 e. The first-order valence-corrected chi connectivity index (χ1v) is 11.6. The average Bonchev–Trinajstić information content (AvgIpc) is 3.47. The fraction of sp³-hybridized carbons (Fsp3) is 0.250. The molecule has 0 N–H and O–H groups in total. The summed E-state index contributed by atoms with van der Waals surface area (Å²) in [4.78, 5) is 29.6. The summed E-state index contributed by atoms with van der Waals surface area (Å²) in [7, 11) is 0. The maximum absolute atomic E-state index is 12.9. The van der Waals surface area contributed by atoms with Crippen LogP contribution in [0, 0.1) is 13.8 Å².